The first-order valence-corrected chi connectivity index (χ1v) is 7.80. The van der Waals surface area contributed by atoms with Crippen LogP contribution in [-0.4, -0.2) is 43.3 Å². The topological polar surface area (TPSA) is 55.8 Å². The van der Waals surface area contributed by atoms with Crippen LogP contribution in [0.25, 0.3) is 0 Å². The van der Waals surface area contributed by atoms with E-state index in [1.54, 1.807) is 11.8 Å². The highest BCUT2D eigenvalue weighted by atomic mass is 16.6. The van der Waals surface area contributed by atoms with E-state index < -0.39 is 0 Å². The zero-order chi connectivity index (χ0) is 15.9. The van der Waals surface area contributed by atoms with Crippen molar-refractivity contribution < 1.29 is 19.1 Å². The smallest absolute Gasteiger partial charge is 0.409 e. The number of carbonyl (C=O) groups excluding carboxylic acids is 2. The average Bonchev–Trinajstić information content (AvgIpc) is 2.55. The monoisotopic (exact) mass is 305 g/mol. The first kappa shape index (κ1) is 16.3. The number of nitrogens with zero attached hydrogens (tertiary/aromatic N) is 1. The summed E-state index contributed by atoms with van der Waals surface area (Å²) in [5.74, 6) is -0.453. The number of carbonyl (C=O) groups is 2. The fraction of sp³-hybridized carbons (Fsp3) is 0.529. The predicted octanol–water partition coefficient (Wildman–Crippen LogP) is 2.81. The molecule has 5 nitrogen and oxygen atoms in total. The number of esters is 1. The third kappa shape index (κ3) is 3.78. The quantitative estimate of drug-likeness (QED) is 0.803. The Hall–Kier alpha value is -2.04. The number of ether oxygens (including phenoxy) is 2. The van der Waals surface area contributed by atoms with E-state index in [0.29, 0.717) is 32.7 Å². The van der Waals surface area contributed by atoms with Gasteiger partial charge in [-0.2, -0.15) is 0 Å². The minimum atomic E-state index is -0.314. The third-order valence-electron chi connectivity index (χ3n) is 3.96. The van der Waals surface area contributed by atoms with E-state index in [1.807, 2.05) is 37.3 Å². The molecule has 2 unspecified atom stereocenters. The van der Waals surface area contributed by atoms with Gasteiger partial charge in [-0.25, -0.2) is 4.79 Å². The Morgan fingerprint density at radius 3 is 2.45 bits per heavy atom. The third-order valence-corrected chi connectivity index (χ3v) is 3.96. The number of likely N-dealkylation sites (tertiary alicyclic amines) is 1. The number of hydrogen-bond acceptors (Lipinski definition) is 4. The van der Waals surface area contributed by atoms with Crippen LogP contribution in [0.15, 0.2) is 30.3 Å². The maximum Gasteiger partial charge on any atom is 0.409 e. The van der Waals surface area contributed by atoms with Crippen LogP contribution in [0.2, 0.25) is 0 Å². The number of amides is 1. The van der Waals surface area contributed by atoms with Gasteiger partial charge in [-0.3, -0.25) is 4.79 Å². The summed E-state index contributed by atoms with van der Waals surface area (Å²) in [7, 11) is 0. The zero-order valence-electron chi connectivity index (χ0n) is 13.2. The van der Waals surface area contributed by atoms with Crippen LogP contribution in [0.4, 0.5) is 4.79 Å². The summed E-state index contributed by atoms with van der Waals surface area (Å²) in [4.78, 5) is 25.9. The minimum absolute atomic E-state index is 0.0570. The normalized spacial score (nSPS) is 21.3. The Labute approximate surface area is 131 Å². The highest BCUT2D eigenvalue weighted by molar-refractivity contribution is 5.75. The van der Waals surface area contributed by atoms with Crippen molar-refractivity contribution in [2.24, 2.45) is 5.92 Å². The first-order valence-electron chi connectivity index (χ1n) is 7.80. The molecule has 1 heterocycles. The molecule has 1 aliphatic heterocycles. The Morgan fingerprint density at radius 1 is 1.14 bits per heavy atom. The molecule has 0 aliphatic carbocycles. The van der Waals surface area contributed by atoms with Gasteiger partial charge >= 0.3 is 12.1 Å². The molecule has 1 fully saturated rings. The molecule has 0 N–H and O–H groups in total. The van der Waals surface area contributed by atoms with Gasteiger partial charge < -0.3 is 14.4 Å². The average molecular weight is 305 g/mol. The Bertz CT molecular complexity index is 503. The van der Waals surface area contributed by atoms with Gasteiger partial charge in [0.05, 0.1) is 19.1 Å². The lowest BCUT2D eigenvalue weighted by Crippen LogP contribution is -2.45. The highest BCUT2D eigenvalue weighted by Gasteiger charge is 2.37. The predicted molar refractivity (Wildman–Crippen MR) is 82.5 cm³/mol. The van der Waals surface area contributed by atoms with Gasteiger partial charge in [-0.1, -0.05) is 30.3 Å². The Kier molecular flexibility index (Phi) is 5.81. The van der Waals surface area contributed by atoms with Crippen LogP contribution in [0.5, 0.6) is 0 Å². The summed E-state index contributed by atoms with van der Waals surface area (Å²) < 4.78 is 10.3. The minimum Gasteiger partial charge on any atom is -0.466 e. The highest BCUT2D eigenvalue weighted by Crippen LogP contribution is 2.33. The molecule has 1 aromatic rings. The van der Waals surface area contributed by atoms with Crippen molar-refractivity contribution >= 4 is 12.1 Å². The number of rotatable bonds is 4. The summed E-state index contributed by atoms with van der Waals surface area (Å²) >= 11 is 0. The molecule has 1 saturated heterocycles. The Morgan fingerprint density at radius 2 is 1.82 bits per heavy atom. The lowest BCUT2D eigenvalue weighted by Gasteiger charge is -2.37. The SMILES string of the molecule is CCOC(=O)C1CCN(C(=O)OCC)CC1c1ccccc1. The molecule has 2 atom stereocenters. The lowest BCUT2D eigenvalue weighted by molar-refractivity contribution is -0.150. The van der Waals surface area contributed by atoms with Crippen LogP contribution in [0.1, 0.15) is 31.7 Å². The summed E-state index contributed by atoms with van der Waals surface area (Å²) in [6.07, 6.45) is 0.280. The summed E-state index contributed by atoms with van der Waals surface area (Å²) in [5.41, 5.74) is 1.05. The molecule has 5 heteroatoms. The molecular formula is C17H23NO4. The van der Waals surface area contributed by atoms with Crippen LogP contribution in [0.3, 0.4) is 0 Å². The summed E-state index contributed by atoms with van der Waals surface area (Å²) in [5, 5.41) is 0. The fourth-order valence-corrected chi connectivity index (χ4v) is 2.90. The molecule has 0 aromatic heterocycles. The number of benzene rings is 1. The van der Waals surface area contributed by atoms with E-state index in [1.165, 1.54) is 0 Å². The second kappa shape index (κ2) is 7.82. The summed E-state index contributed by atoms with van der Waals surface area (Å²) in [6.45, 7) is 5.32. The van der Waals surface area contributed by atoms with Gasteiger partial charge in [0, 0.05) is 19.0 Å². The number of hydrogen-bond donors (Lipinski definition) is 0. The van der Waals surface area contributed by atoms with Crippen molar-refractivity contribution in [3.63, 3.8) is 0 Å². The molecule has 2 rings (SSSR count). The van der Waals surface area contributed by atoms with E-state index in [0.717, 1.165) is 5.56 Å². The molecule has 1 aromatic carbocycles. The standard InChI is InChI=1S/C17H23NO4/c1-3-21-16(19)14-10-11-18(17(20)22-4-2)12-15(14)13-8-6-5-7-9-13/h5-9,14-15H,3-4,10-12H2,1-2H3. The van der Waals surface area contributed by atoms with Crippen LogP contribution < -0.4 is 0 Å². The van der Waals surface area contributed by atoms with Crippen LogP contribution in [0, 0.1) is 5.92 Å². The van der Waals surface area contributed by atoms with Gasteiger partial charge in [0.1, 0.15) is 0 Å². The van der Waals surface area contributed by atoms with Crippen molar-refractivity contribution in [3.8, 4) is 0 Å². The van der Waals surface area contributed by atoms with Gasteiger partial charge in [0.2, 0.25) is 0 Å². The van der Waals surface area contributed by atoms with Gasteiger partial charge in [-0.05, 0) is 25.8 Å². The van der Waals surface area contributed by atoms with Crippen molar-refractivity contribution in [3.05, 3.63) is 35.9 Å². The maximum absolute atomic E-state index is 12.2. The van der Waals surface area contributed by atoms with Gasteiger partial charge in [0.25, 0.3) is 0 Å². The van der Waals surface area contributed by atoms with E-state index in [9.17, 15) is 9.59 Å². The molecule has 0 spiro atoms. The largest absolute Gasteiger partial charge is 0.466 e. The Balaban J connectivity index is 2.18. The van der Waals surface area contributed by atoms with E-state index >= 15 is 0 Å². The molecule has 0 radical (unpaired) electrons. The number of piperidine rings is 1. The van der Waals surface area contributed by atoms with Crippen molar-refractivity contribution in [2.75, 3.05) is 26.3 Å². The maximum atomic E-state index is 12.2. The van der Waals surface area contributed by atoms with Crippen LogP contribution in [-0.2, 0) is 14.3 Å². The fourth-order valence-electron chi connectivity index (χ4n) is 2.90. The summed E-state index contributed by atoms with van der Waals surface area (Å²) in [6, 6.07) is 9.81. The first-order chi connectivity index (χ1) is 10.7. The van der Waals surface area contributed by atoms with Crippen molar-refractivity contribution in [1.82, 2.24) is 4.90 Å². The van der Waals surface area contributed by atoms with Crippen molar-refractivity contribution in [1.29, 1.82) is 0 Å². The van der Waals surface area contributed by atoms with E-state index in [4.69, 9.17) is 9.47 Å². The zero-order valence-corrected chi connectivity index (χ0v) is 13.2. The molecule has 0 bridgehead atoms. The molecule has 22 heavy (non-hydrogen) atoms. The van der Waals surface area contributed by atoms with Gasteiger partial charge in [-0.15, -0.1) is 0 Å². The van der Waals surface area contributed by atoms with Gasteiger partial charge in [0.15, 0.2) is 0 Å². The van der Waals surface area contributed by atoms with Crippen molar-refractivity contribution in [2.45, 2.75) is 26.2 Å². The van der Waals surface area contributed by atoms with E-state index in [-0.39, 0.29) is 23.9 Å². The van der Waals surface area contributed by atoms with Crippen LogP contribution >= 0.6 is 0 Å². The second-order valence-electron chi connectivity index (χ2n) is 5.31. The molecule has 1 amide bonds. The lowest BCUT2D eigenvalue weighted by atomic mass is 9.81. The molecule has 120 valence electrons. The molecule has 0 saturated carbocycles. The van der Waals surface area contributed by atoms with E-state index in [2.05, 4.69) is 0 Å². The molecule has 1 aliphatic rings. The second-order valence-corrected chi connectivity index (χ2v) is 5.31. The molecular weight excluding hydrogens is 282 g/mol.